The van der Waals surface area contributed by atoms with Crippen LogP contribution >= 0.6 is 12.2 Å². The fourth-order valence-corrected chi connectivity index (χ4v) is 1.50. The van der Waals surface area contributed by atoms with Gasteiger partial charge >= 0.3 is 0 Å². The number of hydrogen-bond acceptors (Lipinski definition) is 4. The zero-order chi connectivity index (χ0) is 11.5. The van der Waals surface area contributed by atoms with Crippen molar-refractivity contribution in [3.63, 3.8) is 0 Å². The SMILES string of the molecule is CCn1ncc(/C=N\n2cn[nH]c2=S)c1C. The molecule has 0 spiro atoms. The summed E-state index contributed by atoms with van der Waals surface area (Å²) >= 11 is 4.97. The van der Waals surface area contributed by atoms with Crippen LogP contribution in [0.5, 0.6) is 0 Å². The minimum atomic E-state index is 0.469. The van der Waals surface area contributed by atoms with E-state index >= 15 is 0 Å². The van der Waals surface area contributed by atoms with Crippen molar-refractivity contribution in [2.45, 2.75) is 20.4 Å². The first kappa shape index (κ1) is 10.7. The van der Waals surface area contributed by atoms with Gasteiger partial charge in [0.25, 0.3) is 0 Å². The lowest BCUT2D eigenvalue weighted by Gasteiger charge is -1.98. The first-order valence-corrected chi connectivity index (χ1v) is 5.32. The largest absolute Gasteiger partial charge is 0.269 e. The Morgan fingerprint density at radius 1 is 1.62 bits per heavy atom. The van der Waals surface area contributed by atoms with E-state index in [0.29, 0.717) is 4.77 Å². The van der Waals surface area contributed by atoms with Gasteiger partial charge in [-0.05, 0) is 26.1 Å². The maximum atomic E-state index is 4.97. The number of nitrogens with one attached hydrogen (secondary N) is 1. The molecule has 0 bridgehead atoms. The predicted molar refractivity (Wildman–Crippen MR) is 63.0 cm³/mol. The molecule has 0 aliphatic carbocycles. The molecule has 16 heavy (non-hydrogen) atoms. The molecule has 6 nitrogen and oxygen atoms in total. The lowest BCUT2D eigenvalue weighted by Crippen LogP contribution is -1.99. The van der Waals surface area contributed by atoms with Gasteiger partial charge in [0.2, 0.25) is 4.77 Å². The zero-order valence-electron chi connectivity index (χ0n) is 9.08. The lowest BCUT2D eigenvalue weighted by molar-refractivity contribution is 0.639. The van der Waals surface area contributed by atoms with Crippen molar-refractivity contribution in [3.8, 4) is 0 Å². The molecule has 2 heterocycles. The number of H-pyrrole nitrogens is 1. The molecule has 7 heteroatoms. The Labute approximate surface area is 97.6 Å². The molecule has 0 saturated heterocycles. The molecule has 84 valence electrons. The summed E-state index contributed by atoms with van der Waals surface area (Å²) in [5.74, 6) is 0. The zero-order valence-corrected chi connectivity index (χ0v) is 9.90. The van der Waals surface area contributed by atoms with Crippen molar-refractivity contribution in [2.75, 3.05) is 0 Å². The third-order valence-electron chi connectivity index (χ3n) is 2.30. The summed E-state index contributed by atoms with van der Waals surface area (Å²) in [6, 6.07) is 0. The van der Waals surface area contributed by atoms with Gasteiger partial charge in [-0.2, -0.15) is 20.0 Å². The fraction of sp³-hybridized carbons (Fsp3) is 0.333. The van der Waals surface area contributed by atoms with Gasteiger partial charge in [0, 0.05) is 17.8 Å². The van der Waals surface area contributed by atoms with Crippen LogP contribution in [0.4, 0.5) is 0 Å². The molecule has 0 fully saturated rings. The van der Waals surface area contributed by atoms with E-state index in [1.165, 1.54) is 11.0 Å². The standard InChI is InChI=1S/C9H12N6S/c1-3-14-7(2)8(4-11-14)5-12-15-6-10-13-9(15)16/h4-6H,3H2,1-2H3,(H,13,16)/b12-5-. The van der Waals surface area contributed by atoms with Crippen molar-refractivity contribution in [1.29, 1.82) is 0 Å². The highest BCUT2D eigenvalue weighted by Crippen LogP contribution is 2.04. The van der Waals surface area contributed by atoms with Crippen LogP contribution < -0.4 is 0 Å². The average Bonchev–Trinajstić information content (AvgIpc) is 2.83. The smallest absolute Gasteiger partial charge is 0.216 e. The summed E-state index contributed by atoms with van der Waals surface area (Å²) in [5, 5.41) is 14.8. The molecule has 0 aliphatic rings. The van der Waals surface area contributed by atoms with Crippen LogP contribution in [-0.2, 0) is 6.54 Å². The van der Waals surface area contributed by atoms with Gasteiger partial charge in [-0.25, -0.2) is 0 Å². The minimum Gasteiger partial charge on any atom is -0.269 e. The molecule has 0 saturated carbocycles. The first-order valence-electron chi connectivity index (χ1n) is 4.91. The molecule has 0 aliphatic heterocycles. The summed E-state index contributed by atoms with van der Waals surface area (Å²) in [6.07, 6.45) is 5.03. The average molecular weight is 236 g/mol. The van der Waals surface area contributed by atoms with Crippen molar-refractivity contribution < 1.29 is 0 Å². The topological polar surface area (TPSA) is 63.8 Å². The molecule has 2 aromatic heterocycles. The van der Waals surface area contributed by atoms with Crippen LogP contribution in [0.3, 0.4) is 0 Å². The number of aromatic nitrogens is 5. The van der Waals surface area contributed by atoms with Crippen molar-refractivity contribution in [1.82, 2.24) is 24.7 Å². The molecule has 2 rings (SSSR count). The first-order chi connectivity index (χ1) is 7.72. The number of nitrogens with zero attached hydrogens (tertiary/aromatic N) is 5. The van der Waals surface area contributed by atoms with Gasteiger partial charge < -0.3 is 0 Å². The Kier molecular flexibility index (Phi) is 2.95. The molecule has 0 aromatic carbocycles. The van der Waals surface area contributed by atoms with E-state index in [4.69, 9.17) is 12.2 Å². The van der Waals surface area contributed by atoms with Crippen LogP contribution in [0, 0.1) is 11.7 Å². The number of aryl methyl sites for hydroxylation is 1. The maximum absolute atomic E-state index is 4.97. The second kappa shape index (κ2) is 4.40. The van der Waals surface area contributed by atoms with E-state index in [1.807, 2.05) is 18.5 Å². The second-order valence-electron chi connectivity index (χ2n) is 3.25. The van der Waals surface area contributed by atoms with Gasteiger partial charge in [-0.15, -0.1) is 0 Å². The Balaban J connectivity index is 2.27. The van der Waals surface area contributed by atoms with E-state index in [1.54, 1.807) is 12.4 Å². The van der Waals surface area contributed by atoms with Crippen LogP contribution in [0.2, 0.25) is 0 Å². The third kappa shape index (κ3) is 1.94. The number of aromatic amines is 1. The summed E-state index contributed by atoms with van der Waals surface area (Å²) < 4.78 is 3.88. The summed E-state index contributed by atoms with van der Waals surface area (Å²) in [6.45, 7) is 4.91. The molecule has 2 aromatic rings. The Morgan fingerprint density at radius 3 is 3.00 bits per heavy atom. The monoisotopic (exact) mass is 236 g/mol. The van der Waals surface area contributed by atoms with E-state index in [0.717, 1.165) is 17.8 Å². The van der Waals surface area contributed by atoms with Gasteiger partial charge in [-0.1, -0.05) is 0 Å². The molecular formula is C9H12N6S. The maximum Gasteiger partial charge on any atom is 0.216 e. The summed E-state index contributed by atoms with van der Waals surface area (Å²) in [5.41, 5.74) is 2.06. The third-order valence-corrected chi connectivity index (χ3v) is 2.58. The number of rotatable bonds is 3. The highest BCUT2D eigenvalue weighted by Gasteiger charge is 2.01. The van der Waals surface area contributed by atoms with Gasteiger partial charge in [0.05, 0.1) is 12.4 Å². The van der Waals surface area contributed by atoms with Crippen LogP contribution in [-0.4, -0.2) is 30.9 Å². The van der Waals surface area contributed by atoms with Gasteiger partial charge in [-0.3, -0.25) is 9.78 Å². The normalized spacial score (nSPS) is 11.4. The van der Waals surface area contributed by atoms with Crippen LogP contribution in [0.15, 0.2) is 17.6 Å². The summed E-state index contributed by atoms with van der Waals surface area (Å²) in [7, 11) is 0. The van der Waals surface area contributed by atoms with Crippen molar-refractivity contribution in [3.05, 3.63) is 28.6 Å². The summed E-state index contributed by atoms with van der Waals surface area (Å²) in [4.78, 5) is 0. The minimum absolute atomic E-state index is 0.469. The second-order valence-corrected chi connectivity index (χ2v) is 3.64. The van der Waals surface area contributed by atoms with Crippen LogP contribution in [0.1, 0.15) is 18.2 Å². The number of hydrogen-bond donors (Lipinski definition) is 1. The predicted octanol–water partition coefficient (Wildman–Crippen LogP) is 1.35. The highest BCUT2D eigenvalue weighted by atomic mass is 32.1. The molecule has 0 unspecified atom stereocenters. The van der Waals surface area contributed by atoms with Crippen LogP contribution in [0.25, 0.3) is 0 Å². The molecule has 0 atom stereocenters. The lowest BCUT2D eigenvalue weighted by atomic mass is 10.3. The fourth-order valence-electron chi connectivity index (χ4n) is 1.36. The van der Waals surface area contributed by atoms with Gasteiger partial charge in [0.15, 0.2) is 0 Å². The molecule has 0 amide bonds. The molecule has 1 N–H and O–H groups in total. The Morgan fingerprint density at radius 2 is 2.44 bits per heavy atom. The Bertz CT molecular complexity index is 561. The van der Waals surface area contributed by atoms with E-state index in [-0.39, 0.29) is 0 Å². The molecule has 0 radical (unpaired) electrons. The van der Waals surface area contributed by atoms with Crippen molar-refractivity contribution >= 4 is 18.4 Å². The highest BCUT2D eigenvalue weighted by molar-refractivity contribution is 7.71. The molecular weight excluding hydrogens is 224 g/mol. The van der Waals surface area contributed by atoms with Crippen molar-refractivity contribution in [2.24, 2.45) is 5.10 Å². The van der Waals surface area contributed by atoms with Gasteiger partial charge in [0.1, 0.15) is 6.33 Å². The van der Waals surface area contributed by atoms with E-state index in [9.17, 15) is 0 Å². The van der Waals surface area contributed by atoms with E-state index < -0.39 is 0 Å². The van der Waals surface area contributed by atoms with E-state index in [2.05, 4.69) is 20.4 Å². The Hall–Kier alpha value is -1.76. The quantitative estimate of drug-likeness (QED) is 0.646.